The third kappa shape index (κ3) is 5.86. The minimum Gasteiger partial charge on any atom is -0.480 e. The van der Waals surface area contributed by atoms with Gasteiger partial charge in [0.15, 0.2) is 0 Å². The number of aliphatic carboxylic acids is 1. The van der Waals surface area contributed by atoms with Gasteiger partial charge in [-0.05, 0) is 50.5 Å². The highest BCUT2D eigenvalue weighted by atomic mass is 16.5. The van der Waals surface area contributed by atoms with Crippen molar-refractivity contribution < 1.29 is 29.3 Å². The molecule has 5 unspecified atom stereocenters. The minimum atomic E-state index is -0.970. The number of nitrogens with one attached hydrogen (secondary N) is 1. The third-order valence-electron chi connectivity index (χ3n) is 6.63. The Morgan fingerprint density at radius 3 is 2.59 bits per heavy atom. The summed E-state index contributed by atoms with van der Waals surface area (Å²) in [6.45, 7) is 1.29. The van der Waals surface area contributed by atoms with Crippen LogP contribution in [0.1, 0.15) is 51.0 Å². The maximum atomic E-state index is 13.4. The Labute approximate surface area is 188 Å². The smallest absolute Gasteiger partial charge is 0.326 e. The number of ether oxygens (including phenoxy) is 1. The number of carbonyl (C=O) groups excluding carboxylic acids is 2. The van der Waals surface area contributed by atoms with Crippen LogP contribution in [-0.2, 0) is 25.5 Å². The fraction of sp³-hybridized carbons (Fsp3) is 0.625. The van der Waals surface area contributed by atoms with E-state index in [1.54, 1.807) is 11.8 Å². The van der Waals surface area contributed by atoms with Gasteiger partial charge in [-0.15, -0.1) is 0 Å². The van der Waals surface area contributed by atoms with Crippen molar-refractivity contribution >= 4 is 17.8 Å². The van der Waals surface area contributed by atoms with Gasteiger partial charge in [-0.3, -0.25) is 14.9 Å². The van der Waals surface area contributed by atoms with Crippen LogP contribution >= 0.6 is 0 Å². The number of benzene rings is 1. The van der Waals surface area contributed by atoms with Crippen LogP contribution in [0.2, 0.25) is 0 Å². The van der Waals surface area contributed by atoms with Crippen LogP contribution in [0.4, 0.5) is 0 Å². The second-order valence-electron chi connectivity index (χ2n) is 8.80. The number of aryl methyl sites for hydroxylation is 1. The van der Waals surface area contributed by atoms with E-state index in [2.05, 4.69) is 5.32 Å². The van der Waals surface area contributed by atoms with Crippen molar-refractivity contribution in [3.63, 3.8) is 0 Å². The molecule has 1 saturated carbocycles. The van der Waals surface area contributed by atoms with Gasteiger partial charge in [0.25, 0.3) is 0 Å². The largest absolute Gasteiger partial charge is 0.480 e. The molecule has 1 aromatic carbocycles. The first kappa shape index (κ1) is 24.2. The Bertz CT molecular complexity index is 786. The molecule has 3 N–H and O–H groups in total. The molecule has 3 rings (SSSR count). The number of aliphatic hydroxyl groups is 1. The molecule has 1 heterocycles. The summed E-state index contributed by atoms with van der Waals surface area (Å²) in [7, 11) is 0. The quantitative estimate of drug-likeness (QED) is 0.469. The highest BCUT2D eigenvalue weighted by Gasteiger charge is 2.48. The van der Waals surface area contributed by atoms with Crippen LogP contribution in [0.5, 0.6) is 0 Å². The van der Waals surface area contributed by atoms with E-state index in [1.165, 1.54) is 0 Å². The topological polar surface area (TPSA) is 116 Å². The third-order valence-corrected chi connectivity index (χ3v) is 6.63. The first-order valence-electron chi connectivity index (χ1n) is 11.5. The Balaban J connectivity index is 1.70. The summed E-state index contributed by atoms with van der Waals surface area (Å²) in [4.78, 5) is 39.4. The molecule has 2 fully saturated rings. The number of hydrogen-bond acceptors (Lipinski definition) is 6. The van der Waals surface area contributed by atoms with Crippen LogP contribution in [-0.4, -0.2) is 70.3 Å². The zero-order chi connectivity index (χ0) is 23.1. The summed E-state index contributed by atoms with van der Waals surface area (Å²) in [6.07, 6.45) is 5.36. The summed E-state index contributed by atoms with van der Waals surface area (Å²) in [5.41, 5.74) is 1.06. The van der Waals surface area contributed by atoms with Gasteiger partial charge in [0, 0.05) is 6.04 Å². The van der Waals surface area contributed by atoms with Gasteiger partial charge in [-0.25, -0.2) is 4.79 Å². The van der Waals surface area contributed by atoms with E-state index in [1.807, 2.05) is 30.3 Å². The van der Waals surface area contributed by atoms with Gasteiger partial charge in [0.05, 0.1) is 12.6 Å². The zero-order valence-electron chi connectivity index (χ0n) is 18.6. The maximum Gasteiger partial charge on any atom is 0.326 e. The summed E-state index contributed by atoms with van der Waals surface area (Å²) in [5, 5.41) is 21.8. The number of carboxylic acids is 1. The molecule has 1 aromatic rings. The first-order chi connectivity index (χ1) is 15.4. The van der Waals surface area contributed by atoms with Crippen LogP contribution in [0.25, 0.3) is 0 Å². The summed E-state index contributed by atoms with van der Waals surface area (Å²) < 4.78 is 5.12. The highest BCUT2D eigenvalue weighted by molar-refractivity contribution is 5.88. The number of rotatable bonds is 10. The molecule has 0 aromatic heterocycles. The number of carboxylic acid groups (broad SMARTS) is 1. The number of amides is 1. The van der Waals surface area contributed by atoms with E-state index in [9.17, 15) is 19.5 Å². The monoisotopic (exact) mass is 446 g/mol. The molecule has 0 spiro atoms. The fourth-order valence-electron chi connectivity index (χ4n) is 5.07. The van der Waals surface area contributed by atoms with Gasteiger partial charge >= 0.3 is 11.9 Å². The van der Waals surface area contributed by atoms with E-state index < -0.39 is 30.1 Å². The summed E-state index contributed by atoms with van der Waals surface area (Å²) >= 11 is 0. The predicted molar refractivity (Wildman–Crippen MR) is 118 cm³/mol. The van der Waals surface area contributed by atoms with Crippen molar-refractivity contribution in [3.05, 3.63) is 35.9 Å². The summed E-state index contributed by atoms with van der Waals surface area (Å²) in [5.74, 6) is -1.56. The lowest BCUT2D eigenvalue weighted by Gasteiger charge is -2.35. The van der Waals surface area contributed by atoms with Gasteiger partial charge < -0.3 is 19.8 Å². The number of nitrogens with zero attached hydrogens (tertiary/aromatic N) is 1. The Morgan fingerprint density at radius 1 is 1.19 bits per heavy atom. The fourth-order valence-corrected chi connectivity index (χ4v) is 5.07. The van der Waals surface area contributed by atoms with E-state index in [0.29, 0.717) is 19.3 Å². The number of esters is 1. The van der Waals surface area contributed by atoms with E-state index in [0.717, 1.165) is 31.2 Å². The molecular formula is C24H34N2O6. The second kappa shape index (κ2) is 11.4. The van der Waals surface area contributed by atoms with Crippen LogP contribution < -0.4 is 5.32 Å². The lowest BCUT2D eigenvalue weighted by atomic mass is 9.84. The number of hydrogen-bond donors (Lipinski definition) is 3. The average Bonchev–Trinajstić information content (AvgIpc) is 3.20. The molecule has 5 atom stereocenters. The van der Waals surface area contributed by atoms with Crippen LogP contribution in [0.15, 0.2) is 30.3 Å². The molecule has 176 valence electrons. The Morgan fingerprint density at radius 2 is 1.91 bits per heavy atom. The van der Waals surface area contributed by atoms with Crippen molar-refractivity contribution in [2.45, 2.75) is 76.0 Å². The maximum absolute atomic E-state index is 13.4. The zero-order valence-corrected chi connectivity index (χ0v) is 18.6. The van der Waals surface area contributed by atoms with Gasteiger partial charge in [-0.1, -0.05) is 43.2 Å². The predicted octanol–water partition coefficient (Wildman–Crippen LogP) is 1.75. The minimum absolute atomic E-state index is 0.0503. The Kier molecular flexibility index (Phi) is 8.64. The van der Waals surface area contributed by atoms with Gasteiger partial charge in [0.1, 0.15) is 18.7 Å². The van der Waals surface area contributed by atoms with Crippen molar-refractivity contribution in [2.75, 3.05) is 13.2 Å². The molecule has 32 heavy (non-hydrogen) atoms. The normalized spacial score (nSPS) is 24.4. The van der Waals surface area contributed by atoms with Gasteiger partial charge in [0.2, 0.25) is 5.91 Å². The lowest BCUT2D eigenvalue weighted by Crippen LogP contribution is -2.55. The molecule has 8 nitrogen and oxygen atoms in total. The number of likely N-dealkylation sites (tertiary alicyclic amines) is 1. The molecule has 1 aliphatic carbocycles. The van der Waals surface area contributed by atoms with Crippen molar-refractivity contribution in [3.8, 4) is 0 Å². The van der Waals surface area contributed by atoms with Crippen molar-refractivity contribution in [1.82, 2.24) is 10.2 Å². The standard InChI is InChI=1S/C24H34N2O6/c1-16(22(28)26-20-10-6-5-9-18(20)15-21(26)23(29)30)25-19(24(31)32-14-13-27)12-11-17-7-3-2-4-8-17/h2-4,7-8,16,18-21,25,27H,5-6,9-15H2,1H3,(H,29,30). The number of fused-ring (bicyclic) bond motifs is 1. The SMILES string of the molecule is CC(NC(CCc1ccccc1)C(=O)OCCO)C(=O)N1C(C(=O)O)CC2CCCCC21. The molecule has 2 aliphatic rings. The highest BCUT2D eigenvalue weighted by Crippen LogP contribution is 2.40. The molecule has 1 aliphatic heterocycles. The van der Waals surface area contributed by atoms with E-state index >= 15 is 0 Å². The molecule has 1 amide bonds. The van der Waals surface area contributed by atoms with Crippen molar-refractivity contribution in [2.24, 2.45) is 5.92 Å². The first-order valence-corrected chi connectivity index (χ1v) is 11.5. The molecule has 8 heteroatoms. The van der Waals surface area contributed by atoms with Crippen LogP contribution in [0.3, 0.4) is 0 Å². The van der Waals surface area contributed by atoms with Gasteiger partial charge in [-0.2, -0.15) is 0 Å². The van der Waals surface area contributed by atoms with E-state index in [-0.39, 0.29) is 31.1 Å². The number of carbonyl (C=O) groups is 3. The lowest BCUT2D eigenvalue weighted by molar-refractivity contribution is -0.152. The molecule has 1 saturated heterocycles. The van der Waals surface area contributed by atoms with E-state index in [4.69, 9.17) is 9.84 Å². The Hall–Kier alpha value is -2.45. The summed E-state index contributed by atoms with van der Waals surface area (Å²) in [6, 6.07) is 7.36. The second-order valence-corrected chi connectivity index (χ2v) is 8.80. The molecule has 0 radical (unpaired) electrons. The number of aliphatic hydroxyl groups excluding tert-OH is 1. The van der Waals surface area contributed by atoms with Crippen molar-refractivity contribution in [1.29, 1.82) is 0 Å². The molecular weight excluding hydrogens is 412 g/mol. The van der Waals surface area contributed by atoms with Crippen LogP contribution in [0, 0.1) is 5.92 Å². The average molecular weight is 447 g/mol. The molecule has 0 bridgehead atoms.